The van der Waals surface area contributed by atoms with E-state index in [1.165, 1.54) is 37.7 Å². The second-order valence-electron chi connectivity index (χ2n) is 5.83. The summed E-state index contributed by atoms with van der Waals surface area (Å²) in [5.74, 6) is 0. The van der Waals surface area contributed by atoms with Gasteiger partial charge in [0.2, 0.25) is 0 Å². The minimum Gasteiger partial charge on any atom is -0.325 e. The van der Waals surface area contributed by atoms with E-state index in [2.05, 4.69) is 29.4 Å². The fourth-order valence-corrected chi connectivity index (χ4v) is 2.84. The van der Waals surface area contributed by atoms with Crippen LogP contribution in [0, 0.1) is 5.41 Å². The first-order chi connectivity index (χ1) is 8.72. The van der Waals surface area contributed by atoms with Crippen molar-refractivity contribution in [2.75, 3.05) is 6.54 Å². The average molecular weight is 247 g/mol. The van der Waals surface area contributed by atoms with Gasteiger partial charge in [-0.3, -0.25) is 4.98 Å². The van der Waals surface area contributed by atoms with Gasteiger partial charge in [-0.05, 0) is 36.0 Å². The molecule has 0 unspecified atom stereocenters. The number of hydrogen-bond donors (Lipinski definition) is 2. The molecule has 18 heavy (non-hydrogen) atoms. The SMILES string of the molecule is CC1(CNCc2ccnc(CN)c2)CCCCC1. The van der Waals surface area contributed by atoms with Crippen molar-refractivity contribution in [2.45, 2.75) is 52.1 Å². The summed E-state index contributed by atoms with van der Waals surface area (Å²) in [5, 5.41) is 3.59. The number of rotatable bonds is 5. The Bertz CT molecular complexity index is 370. The van der Waals surface area contributed by atoms with Crippen LogP contribution < -0.4 is 11.1 Å². The van der Waals surface area contributed by atoms with Gasteiger partial charge < -0.3 is 11.1 Å². The molecule has 3 nitrogen and oxygen atoms in total. The normalized spacial score (nSPS) is 18.8. The fourth-order valence-electron chi connectivity index (χ4n) is 2.84. The Morgan fingerprint density at radius 3 is 2.83 bits per heavy atom. The van der Waals surface area contributed by atoms with Crippen molar-refractivity contribution >= 4 is 0 Å². The molecule has 1 aromatic rings. The van der Waals surface area contributed by atoms with Crippen molar-refractivity contribution in [3.63, 3.8) is 0 Å². The average Bonchev–Trinajstić information content (AvgIpc) is 2.40. The van der Waals surface area contributed by atoms with Crippen molar-refractivity contribution in [2.24, 2.45) is 11.1 Å². The van der Waals surface area contributed by atoms with Crippen LogP contribution in [0.1, 0.15) is 50.3 Å². The summed E-state index contributed by atoms with van der Waals surface area (Å²) < 4.78 is 0. The van der Waals surface area contributed by atoms with E-state index in [4.69, 9.17) is 5.73 Å². The van der Waals surface area contributed by atoms with Crippen LogP contribution >= 0.6 is 0 Å². The van der Waals surface area contributed by atoms with E-state index in [-0.39, 0.29) is 0 Å². The summed E-state index contributed by atoms with van der Waals surface area (Å²) in [5.41, 5.74) is 8.36. The largest absolute Gasteiger partial charge is 0.325 e. The number of nitrogens with two attached hydrogens (primary N) is 1. The molecular formula is C15H25N3. The van der Waals surface area contributed by atoms with E-state index in [9.17, 15) is 0 Å². The lowest BCUT2D eigenvalue weighted by Crippen LogP contribution is -2.33. The minimum absolute atomic E-state index is 0.502. The van der Waals surface area contributed by atoms with Gasteiger partial charge in [0, 0.05) is 25.8 Å². The Labute approximate surface area is 110 Å². The van der Waals surface area contributed by atoms with Crippen molar-refractivity contribution in [1.29, 1.82) is 0 Å². The van der Waals surface area contributed by atoms with Gasteiger partial charge in [-0.1, -0.05) is 26.2 Å². The Morgan fingerprint density at radius 1 is 1.33 bits per heavy atom. The van der Waals surface area contributed by atoms with Crippen LogP contribution in [0.2, 0.25) is 0 Å². The Balaban J connectivity index is 1.80. The van der Waals surface area contributed by atoms with Gasteiger partial charge in [-0.15, -0.1) is 0 Å². The Morgan fingerprint density at radius 2 is 2.11 bits per heavy atom. The molecular weight excluding hydrogens is 222 g/mol. The molecule has 0 aromatic carbocycles. The van der Waals surface area contributed by atoms with Gasteiger partial charge in [0.1, 0.15) is 0 Å². The molecule has 2 rings (SSSR count). The predicted octanol–water partition coefficient (Wildman–Crippen LogP) is 2.60. The summed E-state index contributed by atoms with van der Waals surface area (Å²) >= 11 is 0. The lowest BCUT2D eigenvalue weighted by atomic mass is 9.76. The lowest BCUT2D eigenvalue weighted by Gasteiger charge is -2.33. The first-order valence-corrected chi connectivity index (χ1v) is 7.06. The molecule has 0 radical (unpaired) electrons. The van der Waals surface area contributed by atoms with Crippen LogP contribution in [0.15, 0.2) is 18.3 Å². The summed E-state index contributed by atoms with van der Waals surface area (Å²) in [6, 6.07) is 4.16. The van der Waals surface area contributed by atoms with Crippen molar-refractivity contribution < 1.29 is 0 Å². The van der Waals surface area contributed by atoms with E-state index < -0.39 is 0 Å². The van der Waals surface area contributed by atoms with Gasteiger partial charge in [-0.2, -0.15) is 0 Å². The number of nitrogens with zero attached hydrogens (tertiary/aromatic N) is 1. The molecule has 0 aliphatic heterocycles. The zero-order valence-corrected chi connectivity index (χ0v) is 11.4. The first kappa shape index (κ1) is 13.5. The van der Waals surface area contributed by atoms with Crippen LogP contribution in [0.3, 0.4) is 0 Å². The molecule has 1 fully saturated rings. The Kier molecular flexibility index (Phi) is 4.72. The molecule has 1 saturated carbocycles. The van der Waals surface area contributed by atoms with Gasteiger partial charge in [0.25, 0.3) is 0 Å². The zero-order valence-electron chi connectivity index (χ0n) is 11.4. The van der Waals surface area contributed by atoms with Crippen LogP contribution in [0.4, 0.5) is 0 Å². The third-order valence-electron chi connectivity index (χ3n) is 4.03. The third-order valence-corrected chi connectivity index (χ3v) is 4.03. The molecule has 3 N–H and O–H groups in total. The molecule has 3 heteroatoms. The lowest BCUT2D eigenvalue weighted by molar-refractivity contribution is 0.207. The number of hydrogen-bond acceptors (Lipinski definition) is 3. The van der Waals surface area contributed by atoms with E-state index in [0.717, 1.165) is 18.8 Å². The summed E-state index contributed by atoms with van der Waals surface area (Å²) in [4.78, 5) is 4.22. The third kappa shape index (κ3) is 3.79. The van der Waals surface area contributed by atoms with Gasteiger partial charge in [-0.25, -0.2) is 0 Å². The van der Waals surface area contributed by atoms with E-state index in [1.807, 2.05) is 6.20 Å². The van der Waals surface area contributed by atoms with Crippen molar-refractivity contribution in [1.82, 2.24) is 10.3 Å². The second kappa shape index (κ2) is 6.30. The van der Waals surface area contributed by atoms with Crippen LogP contribution in [0.5, 0.6) is 0 Å². The summed E-state index contributed by atoms with van der Waals surface area (Å²) in [7, 11) is 0. The highest BCUT2D eigenvalue weighted by Crippen LogP contribution is 2.34. The number of pyridine rings is 1. The molecule has 100 valence electrons. The van der Waals surface area contributed by atoms with Crippen LogP contribution in [-0.2, 0) is 13.1 Å². The predicted molar refractivity (Wildman–Crippen MR) is 75.0 cm³/mol. The second-order valence-corrected chi connectivity index (χ2v) is 5.83. The van der Waals surface area contributed by atoms with Gasteiger partial charge in [0.05, 0.1) is 5.69 Å². The number of nitrogens with one attached hydrogen (secondary N) is 1. The molecule has 1 heterocycles. The quantitative estimate of drug-likeness (QED) is 0.841. The van der Waals surface area contributed by atoms with Crippen LogP contribution in [0.25, 0.3) is 0 Å². The molecule has 0 spiro atoms. The highest BCUT2D eigenvalue weighted by molar-refractivity contribution is 5.16. The maximum atomic E-state index is 5.60. The molecule has 0 saturated heterocycles. The number of aromatic nitrogens is 1. The topological polar surface area (TPSA) is 50.9 Å². The molecule has 0 bridgehead atoms. The minimum atomic E-state index is 0.502. The zero-order chi connectivity index (χ0) is 12.8. The fraction of sp³-hybridized carbons (Fsp3) is 0.667. The summed E-state index contributed by atoms with van der Waals surface area (Å²) in [6.45, 7) is 4.97. The van der Waals surface area contributed by atoms with Gasteiger partial charge in [0.15, 0.2) is 0 Å². The highest BCUT2D eigenvalue weighted by atomic mass is 14.9. The molecule has 0 atom stereocenters. The van der Waals surface area contributed by atoms with E-state index >= 15 is 0 Å². The van der Waals surface area contributed by atoms with Crippen molar-refractivity contribution in [3.8, 4) is 0 Å². The Hall–Kier alpha value is -0.930. The van der Waals surface area contributed by atoms with E-state index in [1.54, 1.807) is 0 Å². The van der Waals surface area contributed by atoms with Crippen molar-refractivity contribution in [3.05, 3.63) is 29.6 Å². The monoisotopic (exact) mass is 247 g/mol. The maximum Gasteiger partial charge on any atom is 0.0542 e. The van der Waals surface area contributed by atoms with Crippen LogP contribution in [-0.4, -0.2) is 11.5 Å². The molecule has 1 aliphatic rings. The molecule has 1 aliphatic carbocycles. The first-order valence-electron chi connectivity index (χ1n) is 7.06. The smallest absolute Gasteiger partial charge is 0.0542 e. The van der Waals surface area contributed by atoms with Gasteiger partial charge >= 0.3 is 0 Å². The summed E-state index contributed by atoms with van der Waals surface area (Å²) in [6.07, 6.45) is 8.78. The maximum absolute atomic E-state index is 5.60. The standard InChI is InChI=1S/C15H25N3/c1-15(6-3-2-4-7-15)12-17-11-13-5-8-18-14(9-13)10-16/h5,8-9,17H,2-4,6-7,10-12,16H2,1H3. The molecule has 1 aromatic heterocycles. The molecule has 0 amide bonds. The van der Waals surface area contributed by atoms with E-state index in [0.29, 0.717) is 12.0 Å². The highest BCUT2D eigenvalue weighted by Gasteiger charge is 2.25.